The fraction of sp³-hybridized carbons (Fsp3) is 0.462. The number of nitrogens with one attached hydrogen (secondary N) is 4. The Labute approximate surface area is 224 Å². The van der Waals surface area contributed by atoms with Gasteiger partial charge in [0.15, 0.2) is 0 Å². The van der Waals surface area contributed by atoms with E-state index in [2.05, 4.69) is 20.9 Å². The summed E-state index contributed by atoms with van der Waals surface area (Å²) in [4.78, 5) is 75.1. The number of H-pyrrole nitrogens is 1. The molecule has 2 aromatic rings. The Kier molecular flexibility index (Phi) is 11.6. The molecule has 3 amide bonds. The number of carboxylic acids is 2. The average Bonchev–Trinajstić information content (AvgIpc) is 3.27. The van der Waals surface area contributed by atoms with Gasteiger partial charge in [-0.2, -0.15) is 0 Å². The first-order valence-corrected chi connectivity index (χ1v) is 12.5. The third-order valence-electron chi connectivity index (χ3n) is 6.16. The van der Waals surface area contributed by atoms with Crippen molar-refractivity contribution in [1.82, 2.24) is 20.9 Å². The maximum absolute atomic E-state index is 13.1. The van der Waals surface area contributed by atoms with E-state index >= 15 is 0 Å². The maximum Gasteiger partial charge on any atom is 0.326 e. The molecule has 1 aromatic heterocycles. The van der Waals surface area contributed by atoms with Crippen LogP contribution < -0.4 is 21.7 Å². The van der Waals surface area contributed by atoms with Gasteiger partial charge >= 0.3 is 11.9 Å². The predicted molar refractivity (Wildman–Crippen MR) is 140 cm³/mol. The lowest BCUT2D eigenvalue weighted by atomic mass is 9.91. The van der Waals surface area contributed by atoms with Crippen molar-refractivity contribution < 1.29 is 39.0 Å². The lowest BCUT2D eigenvalue weighted by Gasteiger charge is -2.21. The summed E-state index contributed by atoms with van der Waals surface area (Å²) in [6.45, 7) is 2.55. The number of ketones is 1. The Bertz CT molecular complexity index is 1210. The van der Waals surface area contributed by atoms with Gasteiger partial charge in [-0.1, -0.05) is 18.2 Å². The highest BCUT2D eigenvalue weighted by atomic mass is 16.4. The van der Waals surface area contributed by atoms with Crippen LogP contribution in [0.2, 0.25) is 0 Å². The fourth-order valence-corrected chi connectivity index (χ4v) is 4.05. The first-order chi connectivity index (χ1) is 18.4. The molecule has 4 atom stereocenters. The Balaban J connectivity index is 2.05. The zero-order valence-corrected chi connectivity index (χ0v) is 21.9. The van der Waals surface area contributed by atoms with Gasteiger partial charge in [-0.3, -0.25) is 24.0 Å². The van der Waals surface area contributed by atoms with Gasteiger partial charge in [0.05, 0.1) is 6.04 Å². The molecule has 0 bridgehead atoms. The number of nitrogens with two attached hydrogens (primary N) is 1. The molecule has 0 aliphatic heterocycles. The van der Waals surface area contributed by atoms with E-state index in [9.17, 15) is 33.9 Å². The van der Waals surface area contributed by atoms with Crippen LogP contribution in [-0.4, -0.2) is 75.3 Å². The van der Waals surface area contributed by atoms with Gasteiger partial charge in [-0.05, 0) is 37.8 Å². The minimum Gasteiger partial charge on any atom is -0.481 e. The molecule has 0 saturated heterocycles. The molecule has 0 spiro atoms. The Morgan fingerprint density at radius 2 is 1.67 bits per heavy atom. The molecule has 0 aliphatic rings. The van der Waals surface area contributed by atoms with Crippen molar-refractivity contribution in [3.63, 3.8) is 0 Å². The van der Waals surface area contributed by atoms with Crippen molar-refractivity contribution in [3.8, 4) is 0 Å². The first-order valence-electron chi connectivity index (χ1n) is 12.5. The first kappa shape index (κ1) is 31.0. The van der Waals surface area contributed by atoms with Crippen LogP contribution in [-0.2, 0) is 35.2 Å². The van der Waals surface area contributed by atoms with E-state index in [-0.39, 0.29) is 38.0 Å². The highest BCUT2D eigenvalue weighted by Crippen LogP contribution is 2.22. The second-order valence-electron chi connectivity index (χ2n) is 9.38. The molecule has 1 aromatic carbocycles. The van der Waals surface area contributed by atoms with E-state index in [0.717, 1.165) is 23.4 Å². The van der Waals surface area contributed by atoms with Crippen molar-refractivity contribution in [3.05, 3.63) is 36.0 Å². The molecule has 8 N–H and O–H groups in total. The van der Waals surface area contributed by atoms with E-state index in [4.69, 9.17) is 10.8 Å². The van der Waals surface area contributed by atoms with Gasteiger partial charge in [0.25, 0.3) is 0 Å². The van der Waals surface area contributed by atoms with Crippen LogP contribution in [0, 0.1) is 5.92 Å². The fourth-order valence-electron chi connectivity index (χ4n) is 4.05. The van der Waals surface area contributed by atoms with Crippen LogP contribution in [0.3, 0.4) is 0 Å². The monoisotopic (exact) mass is 545 g/mol. The molecule has 13 nitrogen and oxygen atoms in total. The summed E-state index contributed by atoms with van der Waals surface area (Å²) in [6, 6.07) is 4.10. The van der Waals surface area contributed by atoms with E-state index in [0.29, 0.717) is 0 Å². The summed E-state index contributed by atoms with van der Waals surface area (Å²) < 4.78 is 0. The zero-order chi connectivity index (χ0) is 29.1. The van der Waals surface area contributed by atoms with Crippen LogP contribution in [0.1, 0.15) is 45.1 Å². The lowest BCUT2D eigenvalue weighted by molar-refractivity contribution is -0.143. The number of rotatable bonds is 16. The van der Waals surface area contributed by atoms with Crippen LogP contribution in [0.25, 0.3) is 10.9 Å². The number of carboxylic acid groups (broad SMARTS) is 2. The maximum atomic E-state index is 13.1. The third-order valence-corrected chi connectivity index (χ3v) is 6.16. The summed E-state index contributed by atoms with van der Waals surface area (Å²) >= 11 is 0. The smallest absolute Gasteiger partial charge is 0.326 e. The Morgan fingerprint density at radius 3 is 2.28 bits per heavy atom. The molecule has 212 valence electrons. The second kappa shape index (κ2) is 14.6. The number of Topliss-reactive ketones (excluding diaryl/α,β-unsaturated/α-hetero) is 1. The lowest BCUT2D eigenvalue weighted by Crippen LogP contribution is -2.52. The number of aromatic amines is 1. The standard InChI is InChI=1S/C26H35N5O8/c1-14(27)22(33)12-16(11-17-13-29-19-6-4-3-5-18(17)19)24(36)28-10-9-21(26(38)39)31-25(37)20(30-15(2)32)7-8-23(34)35/h3-6,13-14,16,20-21,29H,7-12,27H2,1-2H3,(H,28,36)(H,30,32)(H,31,37)(H,34,35)(H,38,39)/t14-,16-,20+,21+/m0/s1. The molecule has 0 radical (unpaired) electrons. The quantitative estimate of drug-likeness (QED) is 0.151. The highest BCUT2D eigenvalue weighted by Gasteiger charge is 2.28. The minimum absolute atomic E-state index is 0.107. The largest absolute Gasteiger partial charge is 0.481 e. The number of aliphatic carboxylic acids is 2. The summed E-state index contributed by atoms with van der Waals surface area (Å²) in [5.74, 6) is -5.52. The van der Waals surface area contributed by atoms with E-state index in [1.807, 2.05) is 24.3 Å². The van der Waals surface area contributed by atoms with Crippen LogP contribution >= 0.6 is 0 Å². The number of hydrogen-bond donors (Lipinski definition) is 7. The molecular formula is C26H35N5O8. The number of carbonyl (C=O) groups is 6. The van der Waals surface area contributed by atoms with E-state index in [1.54, 1.807) is 6.20 Å². The van der Waals surface area contributed by atoms with Crippen molar-refractivity contribution in [1.29, 1.82) is 0 Å². The second-order valence-corrected chi connectivity index (χ2v) is 9.38. The topological polar surface area (TPSA) is 221 Å². The van der Waals surface area contributed by atoms with Gasteiger partial charge in [0.1, 0.15) is 17.9 Å². The minimum atomic E-state index is -1.42. The third kappa shape index (κ3) is 9.85. The normalized spacial score (nSPS) is 14.0. The molecule has 1 heterocycles. The van der Waals surface area contributed by atoms with Crippen molar-refractivity contribution in [2.24, 2.45) is 11.7 Å². The molecule has 0 saturated carbocycles. The molecule has 13 heteroatoms. The molecule has 0 fully saturated rings. The van der Waals surface area contributed by atoms with Crippen molar-refractivity contribution in [2.75, 3.05) is 6.54 Å². The number of amides is 3. The molecule has 39 heavy (non-hydrogen) atoms. The van der Waals surface area contributed by atoms with Gasteiger partial charge in [-0.25, -0.2) is 4.79 Å². The SMILES string of the molecule is CC(=O)N[C@H](CCC(=O)O)C(=O)N[C@H](CCNC(=O)[C@H](CC(=O)[C@H](C)N)Cc1c[nH]c2ccccc12)C(=O)O. The molecule has 0 unspecified atom stereocenters. The number of carbonyl (C=O) groups excluding carboxylic acids is 4. The van der Waals surface area contributed by atoms with E-state index < -0.39 is 60.1 Å². The zero-order valence-electron chi connectivity index (χ0n) is 21.9. The number of aromatic nitrogens is 1. The highest BCUT2D eigenvalue weighted by molar-refractivity contribution is 5.91. The van der Waals surface area contributed by atoms with Crippen LogP contribution in [0.4, 0.5) is 0 Å². The van der Waals surface area contributed by atoms with Gasteiger partial charge in [0.2, 0.25) is 17.7 Å². The Hall–Kier alpha value is -4.26. The van der Waals surface area contributed by atoms with Gasteiger partial charge in [-0.15, -0.1) is 0 Å². The van der Waals surface area contributed by atoms with Gasteiger partial charge in [0, 0.05) is 49.3 Å². The number of hydrogen-bond acceptors (Lipinski definition) is 7. The van der Waals surface area contributed by atoms with E-state index in [1.165, 1.54) is 6.92 Å². The van der Waals surface area contributed by atoms with Crippen LogP contribution in [0.15, 0.2) is 30.5 Å². The molecule has 2 rings (SSSR count). The summed E-state index contributed by atoms with van der Waals surface area (Å²) in [6.07, 6.45) is 1.07. The van der Waals surface area contributed by atoms with Crippen molar-refractivity contribution >= 4 is 46.3 Å². The summed E-state index contributed by atoms with van der Waals surface area (Å²) in [5, 5.41) is 26.6. The predicted octanol–water partition coefficient (Wildman–Crippen LogP) is 0.0782. The summed E-state index contributed by atoms with van der Waals surface area (Å²) in [7, 11) is 0. The number of benzene rings is 1. The Morgan fingerprint density at radius 1 is 0.974 bits per heavy atom. The molecular weight excluding hydrogens is 510 g/mol. The van der Waals surface area contributed by atoms with Crippen LogP contribution in [0.5, 0.6) is 0 Å². The number of fused-ring (bicyclic) bond motifs is 1. The number of para-hydroxylation sites is 1. The summed E-state index contributed by atoms with van der Waals surface area (Å²) in [5.41, 5.74) is 7.43. The average molecular weight is 546 g/mol. The molecule has 0 aliphatic carbocycles. The van der Waals surface area contributed by atoms with Gasteiger partial charge < -0.3 is 36.9 Å². The van der Waals surface area contributed by atoms with Crippen molar-refractivity contribution in [2.45, 2.75) is 64.1 Å².